The van der Waals surface area contributed by atoms with Crippen LogP contribution < -0.4 is 4.90 Å². The van der Waals surface area contributed by atoms with E-state index in [1.165, 1.54) is 24.0 Å². The fraction of sp³-hybridized carbons (Fsp3) is 0.593. The fourth-order valence-electron chi connectivity index (χ4n) is 6.51. The van der Waals surface area contributed by atoms with Crippen LogP contribution in [0, 0.1) is 19.8 Å². The second kappa shape index (κ2) is 8.54. The zero-order valence-electron chi connectivity index (χ0n) is 20.7. The molecule has 4 fully saturated rings. The van der Waals surface area contributed by atoms with Gasteiger partial charge in [0.2, 0.25) is 0 Å². The molecule has 3 aromatic rings. The maximum atomic E-state index is 5.92. The van der Waals surface area contributed by atoms with Crippen molar-refractivity contribution >= 4 is 16.7 Å². The normalized spacial score (nSPS) is 25.9. The number of aromatic nitrogens is 4. The van der Waals surface area contributed by atoms with E-state index >= 15 is 0 Å². The van der Waals surface area contributed by atoms with Crippen molar-refractivity contribution < 1.29 is 9.47 Å². The van der Waals surface area contributed by atoms with Gasteiger partial charge in [-0.1, -0.05) is 0 Å². The number of rotatable bonds is 4. The minimum Gasteiger partial charge on any atom is -0.378 e. The molecule has 2 atom stereocenters. The predicted molar refractivity (Wildman–Crippen MR) is 134 cm³/mol. The van der Waals surface area contributed by atoms with Crippen LogP contribution in [-0.2, 0) is 9.47 Å². The molecule has 0 bridgehead atoms. The SMILES string of the molecule is Cc1nc(N2C[C@@H]3CCO[C@@H]3C2)cc(-n2ncc3cc(C)c(C4CCN(C5COC5)CC4)cc32)n1. The molecule has 0 N–H and O–H groups in total. The van der Waals surface area contributed by atoms with Gasteiger partial charge in [0.1, 0.15) is 11.6 Å². The fourth-order valence-corrected chi connectivity index (χ4v) is 6.51. The average Bonchev–Trinajstić information content (AvgIpc) is 3.52. The molecule has 0 radical (unpaired) electrons. The maximum absolute atomic E-state index is 5.92. The van der Waals surface area contributed by atoms with Gasteiger partial charge in [-0.15, -0.1) is 0 Å². The van der Waals surface area contributed by atoms with E-state index in [2.05, 4.69) is 34.9 Å². The zero-order valence-corrected chi connectivity index (χ0v) is 20.7. The highest BCUT2D eigenvalue weighted by molar-refractivity contribution is 5.82. The van der Waals surface area contributed by atoms with E-state index in [9.17, 15) is 0 Å². The van der Waals surface area contributed by atoms with Crippen LogP contribution in [0.15, 0.2) is 24.4 Å². The summed E-state index contributed by atoms with van der Waals surface area (Å²) in [5.41, 5.74) is 3.95. The summed E-state index contributed by atoms with van der Waals surface area (Å²) in [4.78, 5) is 14.5. The van der Waals surface area contributed by atoms with Gasteiger partial charge in [-0.05, 0) is 75.4 Å². The van der Waals surface area contributed by atoms with Crippen molar-refractivity contribution in [2.45, 2.75) is 51.2 Å². The van der Waals surface area contributed by atoms with E-state index in [0.29, 0.717) is 24.0 Å². The molecule has 6 heterocycles. The Hall–Kier alpha value is -2.55. The number of hydrogen-bond acceptors (Lipinski definition) is 7. The van der Waals surface area contributed by atoms with Crippen molar-refractivity contribution in [1.82, 2.24) is 24.6 Å². The van der Waals surface area contributed by atoms with E-state index in [4.69, 9.17) is 24.5 Å². The molecule has 35 heavy (non-hydrogen) atoms. The highest BCUT2D eigenvalue weighted by atomic mass is 16.5. The highest BCUT2D eigenvalue weighted by Gasteiger charge is 2.38. The van der Waals surface area contributed by atoms with Gasteiger partial charge < -0.3 is 14.4 Å². The lowest BCUT2D eigenvalue weighted by molar-refractivity contribution is -0.0712. The third kappa shape index (κ3) is 3.82. The van der Waals surface area contributed by atoms with E-state index in [1.54, 1.807) is 0 Å². The van der Waals surface area contributed by atoms with E-state index < -0.39 is 0 Å². The van der Waals surface area contributed by atoms with Gasteiger partial charge >= 0.3 is 0 Å². The Balaban J connectivity index is 1.19. The summed E-state index contributed by atoms with van der Waals surface area (Å²) in [5.74, 6) is 3.81. The minimum absolute atomic E-state index is 0.341. The zero-order chi connectivity index (χ0) is 23.5. The summed E-state index contributed by atoms with van der Waals surface area (Å²) in [6.45, 7) is 11.2. The summed E-state index contributed by atoms with van der Waals surface area (Å²) in [5, 5.41) is 5.94. The van der Waals surface area contributed by atoms with E-state index in [0.717, 1.165) is 80.8 Å². The Bertz CT molecular complexity index is 1230. The smallest absolute Gasteiger partial charge is 0.159 e. The number of likely N-dealkylation sites (tertiary alicyclic amines) is 1. The van der Waals surface area contributed by atoms with Crippen molar-refractivity contribution in [1.29, 1.82) is 0 Å². The van der Waals surface area contributed by atoms with Gasteiger partial charge in [-0.2, -0.15) is 5.10 Å². The molecular weight excluding hydrogens is 440 g/mol. The lowest BCUT2D eigenvalue weighted by Crippen LogP contribution is -2.51. The third-order valence-corrected chi connectivity index (χ3v) is 8.62. The molecule has 0 spiro atoms. The van der Waals surface area contributed by atoms with Crippen LogP contribution in [0.5, 0.6) is 0 Å². The van der Waals surface area contributed by atoms with Crippen molar-refractivity contribution in [3.63, 3.8) is 0 Å². The molecule has 4 aliphatic rings. The first-order valence-corrected chi connectivity index (χ1v) is 13.1. The number of anilines is 1. The van der Waals surface area contributed by atoms with E-state index in [-0.39, 0.29) is 0 Å². The first-order chi connectivity index (χ1) is 17.1. The highest BCUT2D eigenvalue weighted by Crippen LogP contribution is 2.35. The number of ether oxygens (including phenoxy) is 2. The predicted octanol–water partition coefficient (Wildman–Crippen LogP) is 3.24. The summed E-state index contributed by atoms with van der Waals surface area (Å²) in [6.07, 6.45) is 5.86. The van der Waals surface area contributed by atoms with Crippen LogP contribution in [0.1, 0.15) is 42.1 Å². The van der Waals surface area contributed by atoms with Crippen molar-refractivity contribution in [2.75, 3.05) is 50.9 Å². The largest absolute Gasteiger partial charge is 0.378 e. The third-order valence-electron chi connectivity index (χ3n) is 8.62. The van der Waals surface area contributed by atoms with Gasteiger partial charge in [0.25, 0.3) is 0 Å². The Morgan fingerprint density at radius 3 is 2.54 bits per heavy atom. The Morgan fingerprint density at radius 1 is 0.943 bits per heavy atom. The topological polar surface area (TPSA) is 68.5 Å². The number of nitrogens with zero attached hydrogens (tertiary/aromatic N) is 6. The molecule has 4 aliphatic heterocycles. The van der Waals surface area contributed by atoms with Gasteiger partial charge in [-0.3, -0.25) is 4.90 Å². The maximum Gasteiger partial charge on any atom is 0.159 e. The number of fused-ring (bicyclic) bond motifs is 2. The summed E-state index contributed by atoms with van der Waals surface area (Å²) >= 11 is 0. The second-order valence-corrected chi connectivity index (χ2v) is 10.8. The van der Waals surface area contributed by atoms with Gasteiger partial charge in [0.15, 0.2) is 5.82 Å². The first-order valence-electron chi connectivity index (χ1n) is 13.1. The van der Waals surface area contributed by atoms with Gasteiger partial charge in [0, 0.05) is 37.1 Å². The summed E-state index contributed by atoms with van der Waals surface area (Å²) < 4.78 is 13.3. The number of benzene rings is 1. The van der Waals surface area contributed by atoms with Crippen LogP contribution >= 0.6 is 0 Å². The van der Waals surface area contributed by atoms with Gasteiger partial charge in [-0.25, -0.2) is 14.6 Å². The van der Waals surface area contributed by atoms with Crippen LogP contribution in [0.2, 0.25) is 0 Å². The molecule has 7 rings (SSSR count). The Labute approximate surface area is 206 Å². The Kier molecular flexibility index (Phi) is 5.29. The molecule has 0 amide bonds. The van der Waals surface area contributed by atoms with Crippen LogP contribution in [0.3, 0.4) is 0 Å². The molecule has 0 saturated carbocycles. The standard InChI is InChI=1S/C27H34N6O2/c1-17-9-21-12-28-33(24(21)10-23(17)19-3-6-31(7-4-19)22-15-34-16-22)27-11-26(29-18(2)30-27)32-13-20-5-8-35-25(20)14-32/h9-12,19-20,22,25H,3-8,13-16H2,1-2H3/t20-,25+/m0/s1. The molecule has 184 valence electrons. The van der Waals surface area contributed by atoms with Gasteiger partial charge in [0.05, 0.1) is 37.1 Å². The monoisotopic (exact) mass is 474 g/mol. The lowest BCUT2D eigenvalue weighted by Gasteiger charge is -2.41. The summed E-state index contributed by atoms with van der Waals surface area (Å²) in [7, 11) is 0. The molecular formula is C27H34N6O2. The van der Waals surface area contributed by atoms with Crippen LogP contribution in [0.4, 0.5) is 5.82 Å². The minimum atomic E-state index is 0.341. The molecule has 1 aromatic carbocycles. The molecule has 8 heteroatoms. The van der Waals surface area contributed by atoms with E-state index in [1.807, 2.05) is 17.8 Å². The van der Waals surface area contributed by atoms with Crippen LogP contribution in [-0.4, -0.2) is 82.8 Å². The number of aryl methyl sites for hydroxylation is 2. The van der Waals surface area contributed by atoms with Crippen molar-refractivity contribution in [3.05, 3.63) is 41.3 Å². The number of piperidine rings is 1. The number of hydrogen-bond donors (Lipinski definition) is 0. The second-order valence-electron chi connectivity index (χ2n) is 10.8. The first kappa shape index (κ1) is 21.7. The molecule has 2 aromatic heterocycles. The lowest BCUT2D eigenvalue weighted by atomic mass is 9.85. The molecule has 8 nitrogen and oxygen atoms in total. The molecule has 0 aliphatic carbocycles. The summed E-state index contributed by atoms with van der Waals surface area (Å²) in [6, 6.07) is 7.40. The van der Waals surface area contributed by atoms with Crippen molar-refractivity contribution in [3.8, 4) is 5.82 Å². The average molecular weight is 475 g/mol. The van der Waals surface area contributed by atoms with Crippen LogP contribution in [0.25, 0.3) is 16.7 Å². The molecule has 4 saturated heterocycles. The molecule has 0 unspecified atom stereocenters. The Morgan fingerprint density at radius 2 is 1.77 bits per heavy atom. The van der Waals surface area contributed by atoms with Crippen molar-refractivity contribution in [2.24, 2.45) is 5.92 Å². The quantitative estimate of drug-likeness (QED) is 0.575.